The van der Waals surface area contributed by atoms with E-state index in [0.29, 0.717) is 18.5 Å². The molecule has 0 bridgehead atoms. The number of carbonyl (C=O) groups is 1. The van der Waals surface area contributed by atoms with Crippen LogP contribution in [0.3, 0.4) is 0 Å². The van der Waals surface area contributed by atoms with Gasteiger partial charge in [-0.3, -0.25) is 4.79 Å². The second kappa shape index (κ2) is 9.65. The zero-order valence-electron chi connectivity index (χ0n) is 16.0. The van der Waals surface area contributed by atoms with Gasteiger partial charge in [-0.15, -0.1) is 24.8 Å². The molecular weight excluding hydrogens is 357 g/mol. The molecule has 1 heterocycles. The maximum absolute atomic E-state index is 12.9. The van der Waals surface area contributed by atoms with E-state index in [2.05, 4.69) is 39.1 Å². The van der Waals surface area contributed by atoms with Crippen LogP contribution in [0.1, 0.15) is 50.0 Å². The highest BCUT2D eigenvalue weighted by molar-refractivity contribution is 5.97. The molecule has 1 aromatic rings. The molecule has 2 rings (SSSR count). The normalized spacial score (nSPS) is 20.7. The third-order valence-corrected chi connectivity index (χ3v) is 5.29. The molecule has 1 fully saturated rings. The highest BCUT2D eigenvalue weighted by atomic mass is 35.5. The fraction of sp³-hybridized carbons (Fsp3) is 0.632. The Morgan fingerprint density at radius 2 is 1.96 bits per heavy atom. The Morgan fingerprint density at radius 3 is 2.48 bits per heavy atom. The van der Waals surface area contributed by atoms with Crippen LogP contribution < -0.4 is 11.1 Å². The van der Waals surface area contributed by atoms with Crippen molar-refractivity contribution in [3.05, 3.63) is 29.3 Å². The average Bonchev–Trinajstić information content (AvgIpc) is 2.92. The molecule has 3 N–H and O–H groups in total. The highest BCUT2D eigenvalue weighted by Crippen LogP contribution is 2.31. The summed E-state index contributed by atoms with van der Waals surface area (Å²) in [5, 5.41) is 3.53. The lowest BCUT2D eigenvalue weighted by atomic mass is 9.90. The van der Waals surface area contributed by atoms with Gasteiger partial charge in [0.25, 0.3) is 5.91 Å². The number of rotatable bonds is 5. The predicted molar refractivity (Wildman–Crippen MR) is 111 cm³/mol. The van der Waals surface area contributed by atoms with E-state index in [4.69, 9.17) is 5.73 Å². The zero-order chi connectivity index (χ0) is 17.2. The van der Waals surface area contributed by atoms with E-state index < -0.39 is 0 Å². The van der Waals surface area contributed by atoms with E-state index in [1.165, 1.54) is 0 Å². The number of nitrogens with two attached hydrogens (primary N) is 1. The quantitative estimate of drug-likeness (QED) is 0.796. The first-order valence-electron chi connectivity index (χ1n) is 8.63. The van der Waals surface area contributed by atoms with E-state index in [-0.39, 0.29) is 36.1 Å². The van der Waals surface area contributed by atoms with Crippen LogP contribution in [-0.4, -0.2) is 36.5 Å². The van der Waals surface area contributed by atoms with Crippen molar-refractivity contribution in [2.45, 2.75) is 47.1 Å². The summed E-state index contributed by atoms with van der Waals surface area (Å²) in [5.74, 6) is 0.665. The monoisotopic (exact) mass is 389 g/mol. The first kappa shape index (κ1) is 24.0. The van der Waals surface area contributed by atoms with Crippen LogP contribution in [0, 0.1) is 18.3 Å². The second-order valence-electron chi connectivity index (χ2n) is 7.65. The van der Waals surface area contributed by atoms with Crippen molar-refractivity contribution in [2.24, 2.45) is 17.1 Å². The molecule has 2 unspecified atom stereocenters. The SMILES string of the molecule is Cc1c(NC(C)C(C)C)cccc1C(=O)N1CCC(C)(CN)C1.Cl.Cl. The maximum Gasteiger partial charge on any atom is 0.254 e. The topological polar surface area (TPSA) is 58.4 Å². The van der Waals surface area contributed by atoms with Gasteiger partial charge in [-0.1, -0.05) is 26.8 Å². The van der Waals surface area contributed by atoms with Crippen molar-refractivity contribution in [3.8, 4) is 0 Å². The second-order valence-corrected chi connectivity index (χ2v) is 7.65. The molecule has 2 atom stereocenters. The van der Waals surface area contributed by atoms with Gasteiger partial charge in [0.2, 0.25) is 0 Å². The highest BCUT2D eigenvalue weighted by Gasteiger charge is 2.35. The maximum atomic E-state index is 12.9. The third kappa shape index (κ3) is 5.50. The van der Waals surface area contributed by atoms with Gasteiger partial charge in [0, 0.05) is 30.4 Å². The minimum Gasteiger partial charge on any atom is -0.382 e. The Labute approximate surface area is 164 Å². The number of likely N-dealkylation sites (tertiary alicyclic amines) is 1. The summed E-state index contributed by atoms with van der Waals surface area (Å²) >= 11 is 0. The molecule has 1 saturated heterocycles. The van der Waals surface area contributed by atoms with Gasteiger partial charge >= 0.3 is 0 Å². The van der Waals surface area contributed by atoms with Gasteiger partial charge in [0.1, 0.15) is 0 Å². The summed E-state index contributed by atoms with van der Waals surface area (Å²) in [4.78, 5) is 14.8. The molecule has 1 amide bonds. The number of hydrogen-bond donors (Lipinski definition) is 2. The van der Waals surface area contributed by atoms with Crippen LogP contribution in [0.2, 0.25) is 0 Å². The zero-order valence-corrected chi connectivity index (χ0v) is 17.6. The fourth-order valence-corrected chi connectivity index (χ4v) is 2.97. The Bertz CT molecular complexity index is 580. The molecule has 0 radical (unpaired) electrons. The van der Waals surface area contributed by atoms with E-state index >= 15 is 0 Å². The Hall–Kier alpha value is -0.970. The summed E-state index contributed by atoms with van der Waals surface area (Å²) in [6.45, 7) is 12.9. The van der Waals surface area contributed by atoms with Gasteiger partial charge in [-0.25, -0.2) is 0 Å². The van der Waals surface area contributed by atoms with Crippen molar-refractivity contribution in [3.63, 3.8) is 0 Å². The minimum absolute atomic E-state index is 0. The molecule has 0 saturated carbocycles. The summed E-state index contributed by atoms with van der Waals surface area (Å²) in [7, 11) is 0. The van der Waals surface area contributed by atoms with Crippen molar-refractivity contribution in [1.82, 2.24) is 4.90 Å². The van der Waals surface area contributed by atoms with Crippen LogP contribution in [0.4, 0.5) is 5.69 Å². The first-order chi connectivity index (χ1) is 10.8. The summed E-state index contributed by atoms with van der Waals surface area (Å²) in [6, 6.07) is 6.32. The van der Waals surface area contributed by atoms with Crippen molar-refractivity contribution in [2.75, 3.05) is 25.0 Å². The molecule has 1 aliphatic heterocycles. The summed E-state index contributed by atoms with van der Waals surface area (Å²) < 4.78 is 0. The Morgan fingerprint density at radius 1 is 1.32 bits per heavy atom. The number of carbonyl (C=O) groups excluding carboxylic acids is 1. The van der Waals surface area contributed by atoms with Gasteiger partial charge in [0.05, 0.1) is 0 Å². The number of halogens is 2. The van der Waals surface area contributed by atoms with Crippen molar-refractivity contribution in [1.29, 1.82) is 0 Å². The standard InChI is InChI=1S/C19H31N3O.2ClH/c1-13(2)15(4)21-17-8-6-7-16(14(17)3)18(23)22-10-9-19(5,11-20)12-22;;/h6-8,13,15,21H,9-12,20H2,1-5H3;2*1H. The molecule has 6 heteroatoms. The number of nitrogens with one attached hydrogen (secondary N) is 1. The van der Waals surface area contributed by atoms with Crippen molar-refractivity contribution >= 4 is 36.4 Å². The van der Waals surface area contributed by atoms with E-state index in [9.17, 15) is 4.79 Å². The van der Waals surface area contributed by atoms with E-state index in [0.717, 1.165) is 36.3 Å². The molecule has 25 heavy (non-hydrogen) atoms. The van der Waals surface area contributed by atoms with E-state index in [1.54, 1.807) is 0 Å². The lowest BCUT2D eigenvalue weighted by Gasteiger charge is -2.24. The van der Waals surface area contributed by atoms with Gasteiger partial charge in [-0.2, -0.15) is 0 Å². The van der Waals surface area contributed by atoms with Gasteiger partial charge < -0.3 is 16.0 Å². The molecule has 4 nitrogen and oxygen atoms in total. The van der Waals surface area contributed by atoms with E-state index in [1.807, 2.05) is 24.0 Å². The van der Waals surface area contributed by atoms with Gasteiger partial charge in [-0.05, 0) is 55.8 Å². The predicted octanol–water partition coefficient (Wildman–Crippen LogP) is 4.11. The van der Waals surface area contributed by atoms with Crippen molar-refractivity contribution < 1.29 is 4.79 Å². The molecule has 0 aliphatic carbocycles. The fourth-order valence-electron chi connectivity index (χ4n) is 2.97. The molecule has 0 spiro atoms. The summed E-state index contributed by atoms with van der Waals surface area (Å²) in [6.07, 6.45) is 0.983. The number of benzene rings is 1. The number of hydrogen-bond acceptors (Lipinski definition) is 3. The van der Waals surface area contributed by atoms with Crippen LogP contribution in [0.15, 0.2) is 18.2 Å². The lowest BCUT2D eigenvalue weighted by molar-refractivity contribution is 0.0776. The van der Waals surface area contributed by atoms with Crippen LogP contribution in [0.5, 0.6) is 0 Å². The average molecular weight is 390 g/mol. The Balaban J connectivity index is 0.00000288. The minimum atomic E-state index is 0. The molecule has 144 valence electrons. The number of anilines is 1. The smallest absolute Gasteiger partial charge is 0.254 e. The number of amides is 1. The van der Waals surface area contributed by atoms with Crippen LogP contribution in [0.25, 0.3) is 0 Å². The first-order valence-corrected chi connectivity index (χ1v) is 8.63. The van der Waals surface area contributed by atoms with Crippen LogP contribution >= 0.6 is 24.8 Å². The molecular formula is C19H33Cl2N3O. The largest absolute Gasteiger partial charge is 0.382 e. The van der Waals surface area contributed by atoms with Gasteiger partial charge in [0.15, 0.2) is 0 Å². The van der Waals surface area contributed by atoms with Crippen LogP contribution in [-0.2, 0) is 0 Å². The lowest BCUT2D eigenvalue weighted by Crippen LogP contribution is -2.34. The summed E-state index contributed by atoms with van der Waals surface area (Å²) in [5.41, 5.74) is 8.80. The molecule has 1 aromatic carbocycles. The number of nitrogens with zero attached hydrogens (tertiary/aromatic N) is 1. The third-order valence-electron chi connectivity index (χ3n) is 5.29. The molecule has 0 aromatic heterocycles. The Kier molecular flexibility index (Phi) is 9.28. The molecule has 1 aliphatic rings.